The van der Waals surface area contributed by atoms with Gasteiger partial charge in [0.15, 0.2) is 0 Å². The van der Waals surface area contributed by atoms with Crippen LogP contribution in [0.4, 0.5) is 17.1 Å². The van der Waals surface area contributed by atoms with Gasteiger partial charge in [-0.2, -0.15) is 0 Å². The van der Waals surface area contributed by atoms with E-state index in [9.17, 15) is 9.59 Å². The second-order valence-electron chi connectivity index (χ2n) is 10.5. The molecule has 0 saturated carbocycles. The molecule has 0 atom stereocenters. The Bertz CT molecular complexity index is 1550. The first-order valence-electron chi connectivity index (χ1n) is 14.5. The van der Waals surface area contributed by atoms with Gasteiger partial charge in [0, 0.05) is 17.6 Å². The first-order valence-corrected chi connectivity index (χ1v) is 15.3. The Labute approximate surface area is 261 Å². The van der Waals surface area contributed by atoms with E-state index in [1.165, 1.54) is 31.8 Å². The number of rotatable bonds is 10. The Balaban J connectivity index is 1.46. The molecule has 1 aliphatic rings. The maximum atomic E-state index is 14.2. The van der Waals surface area contributed by atoms with Gasteiger partial charge in [-0.1, -0.05) is 70.5 Å². The molecule has 222 valence electrons. The van der Waals surface area contributed by atoms with E-state index in [1.807, 2.05) is 48.5 Å². The number of anilines is 3. The van der Waals surface area contributed by atoms with E-state index in [0.717, 1.165) is 49.4 Å². The summed E-state index contributed by atoms with van der Waals surface area (Å²) in [5.41, 5.74) is 9.42. The lowest BCUT2D eigenvalue weighted by atomic mass is 10.0. The number of carbonyl (C=O) groups is 2. The molecule has 1 heterocycles. The molecule has 1 aliphatic heterocycles. The molecule has 1 saturated heterocycles. The van der Waals surface area contributed by atoms with Crippen LogP contribution in [0.5, 0.6) is 5.75 Å². The SMILES string of the molecule is COC(=O)c1cc(Br)c(CC(=O)N(Nc2ccc(Cc3ccccc3)cc2)c2ccccc2N2CCCCC2)cc1OC. The van der Waals surface area contributed by atoms with E-state index in [2.05, 4.69) is 56.6 Å². The van der Waals surface area contributed by atoms with E-state index in [-0.39, 0.29) is 17.9 Å². The van der Waals surface area contributed by atoms with Gasteiger partial charge in [-0.15, -0.1) is 0 Å². The molecule has 8 heteroatoms. The smallest absolute Gasteiger partial charge is 0.341 e. The topological polar surface area (TPSA) is 71.1 Å². The van der Waals surface area contributed by atoms with Crippen LogP contribution in [-0.2, 0) is 22.4 Å². The Kier molecular flexibility index (Phi) is 10.00. The van der Waals surface area contributed by atoms with Crippen molar-refractivity contribution in [1.82, 2.24) is 0 Å². The van der Waals surface area contributed by atoms with E-state index in [1.54, 1.807) is 17.1 Å². The molecule has 0 bridgehead atoms. The largest absolute Gasteiger partial charge is 0.496 e. The molecular weight excluding hydrogens is 606 g/mol. The van der Waals surface area contributed by atoms with Crippen molar-refractivity contribution in [3.8, 4) is 5.75 Å². The number of para-hydroxylation sites is 2. The fraction of sp³-hybridized carbons (Fsp3) is 0.257. The number of amides is 1. The van der Waals surface area contributed by atoms with E-state index >= 15 is 0 Å². The van der Waals surface area contributed by atoms with Crippen molar-refractivity contribution < 1.29 is 19.1 Å². The lowest BCUT2D eigenvalue weighted by Gasteiger charge is -2.34. The van der Waals surface area contributed by atoms with Crippen LogP contribution in [-0.4, -0.2) is 39.2 Å². The van der Waals surface area contributed by atoms with Crippen LogP contribution >= 0.6 is 15.9 Å². The number of carbonyl (C=O) groups excluding carboxylic acids is 2. The average Bonchev–Trinajstić information content (AvgIpc) is 3.05. The Morgan fingerprint density at radius 1 is 0.860 bits per heavy atom. The minimum atomic E-state index is -0.509. The maximum Gasteiger partial charge on any atom is 0.341 e. The van der Waals surface area contributed by atoms with Gasteiger partial charge in [-0.3, -0.25) is 10.2 Å². The fourth-order valence-corrected chi connectivity index (χ4v) is 5.87. The van der Waals surface area contributed by atoms with Gasteiger partial charge < -0.3 is 14.4 Å². The van der Waals surface area contributed by atoms with Crippen LogP contribution in [0, 0.1) is 0 Å². The summed E-state index contributed by atoms with van der Waals surface area (Å²) in [7, 11) is 2.82. The summed E-state index contributed by atoms with van der Waals surface area (Å²) in [6.45, 7) is 1.90. The number of ether oxygens (including phenoxy) is 2. The number of methoxy groups -OCH3 is 2. The molecule has 1 fully saturated rings. The Morgan fingerprint density at radius 3 is 2.23 bits per heavy atom. The maximum absolute atomic E-state index is 14.2. The van der Waals surface area contributed by atoms with Crippen molar-refractivity contribution in [2.75, 3.05) is 42.6 Å². The van der Waals surface area contributed by atoms with Gasteiger partial charge in [0.25, 0.3) is 0 Å². The average molecular weight is 643 g/mol. The van der Waals surface area contributed by atoms with Crippen molar-refractivity contribution in [2.24, 2.45) is 0 Å². The molecule has 0 aliphatic carbocycles. The van der Waals surface area contributed by atoms with Crippen LogP contribution in [0.2, 0.25) is 0 Å². The molecule has 5 rings (SSSR count). The van der Waals surface area contributed by atoms with Crippen LogP contribution in [0.25, 0.3) is 0 Å². The number of hydrogen-bond donors (Lipinski definition) is 1. The minimum Gasteiger partial charge on any atom is -0.496 e. The Morgan fingerprint density at radius 2 is 1.53 bits per heavy atom. The third-order valence-corrected chi connectivity index (χ3v) is 8.37. The van der Waals surface area contributed by atoms with Crippen LogP contribution in [0.15, 0.2) is 95.5 Å². The molecule has 0 spiro atoms. The van der Waals surface area contributed by atoms with Crippen molar-refractivity contribution in [3.05, 3.63) is 118 Å². The van der Waals surface area contributed by atoms with Gasteiger partial charge in [0.05, 0.1) is 37.7 Å². The molecule has 0 unspecified atom stereocenters. The molecule has 43 heavy (non-hydrogen) atoms. The normalized spacial score (nSPS) is 12.9. The molecular formula is C35H36BrN3O4. The molecule has 7 nitrogen and oxygen atoms in total. The molecule has 4 aromatic carbocycles. The zero-order valence-electron chi connectivity index (χ0n) is 24.5. The van der Waals surface area contributed by atoms with E-state index in [4.69, 9.17) is 9.47 Å². The minimum absolute atomic E-state index is 0.0613. The second kappa shape index (κ2) is 14.2. The van der Waals surface area contributed by atoms with Crippen molar-refractivity contribution in [2.45, 2.75) is 32.1 Å². The quantitative estimate of drug-likeness (QED) is 0.143. The highest BCUT2D eigenvalue weighted by molar-refractivity contribution is 9.10. The summed E-state index contributed by atoms with van der Waals surface area (Å²) in [5.74, 6) is -0.323. The summed E-state index contributed by atoms with van der Waals surface area (Å²) in [4.78, 5) is 28.8. The lowest BCUT2D eigenvalue weighted by molar-refractivity contribution is -0.117. The van der Waals surface area contributed by atoms with Gasteiger partial charge >= 0.3 is 5.97 Å². The number of hydrogen-bond acceptors (Lipinski definition) is 6. The summed E-state index contributed by atoms with van der Waals surface area (Å²) < 4.78 is 11.0. The molecule has 0 aromatic heterocycles. The molecule has 1 N–H and O–H groups in total. The van der Waals surface area contributed by atoms with E-state index < -0.39 is 5.97 Å². The number of benzene rings is 4. The van der Waals surface area contributed by atoms with Crippen molar-refractivity contribution >= 4 is 44.9 Å². The number of nitrogens with one attached hydrogen (secondary N) is 1. The number of nitrogens with zero attached hydrogens (tertiary/aromatic N) is 2. The fourth-order valence-electron chi connectivity index (χ4n) is 5.38. The van der Waals surface area contributed by atoms with E-state index in [0.29, 0.717) is 15.8 Å². The number of piperidine rings is 1. The summed E-state index contributed by atoms with van der Waals surface area (Å²) in [6, 6.07) is 29.9. The van der Waals surface area contributed by atoms with Crippen LogP contribution in [0.1, 0.15) is 46.3 Å². The number of halogens is 1. The summed E-state index contributed by atoms with van der Waals surface area (Å²) >= 11 is 3.56. The number of esters is 1. The standard InChI is InChI=1S/C35H36BrN3O4/c1-42-33-22-27(30(36)24-29(33)35(41)43-2)23-34(40)39(32-14-8-7-13-31(32)38-19-9-4-10-20-38)37-28-17-15-26(16-18-28)21-25-11-5-3-6-12-25/h3,5-8,11-18,22,24,37H,4,9-10,19-21,23H2,1-2H3. The molecule has 4 aromatic rings. The van der Waals surface area contributed by atoms with Crippen LogP contribution in [0.3, 0.4) is 0 Å². The summed E-state index contributed by atoms with van der Waals surface area (Å²) in [5, 5.41) is 1.64. The predicted octanol–water partition coefficient (Wildman–Crippen LogP) is 7.43. The predicted molar refractivity (Wildman–Crippen MR) is 175 cm³/mol. The van der Waals surface area contributed by atoms with Gasteiger partial charge in [-0.05, 0) is 78.8 Å². The monoisotopic (exact) mass is 641 g/mol. The highest BCUT2D eigenvalue weighted by atomic mass is 79.9. The lowest BCUT2D eigenvalue weighted by Crippen LogP contribution is -2.39. The van der Waals surface area contributed by atoms with Gasteiger partial charge in [0.1, 0.15) is 11.3 Å². The van der Waals surface area contributed by atoms with Crippen LogP contribution < -0.4 is 20.1 Å². The highest BCUT2D eigenvalue weighted by Crippen LogP contribution is 2.34. The second-order valence-corrected chi connectivity index (χ2v) is 11.4. The van der Waals surface area contributed by atoms with Gasteiger partial charge in [0.2, 0.25) is 5.91 Å². The number of hydrazine groups is 1. The third kappa shape index (κ3) is 7.38. The van der Waals surface area contributed by atoms with Gasteiger partial charge in [-0.25, -0.2) is 9.80 Å². The molecule has 1 amide bonds. The molecule has 0 radical (unpaired) electrons. The van der Waals surface area contributed by atoms with Crippen molar-refractivity contribution in [3.63, 3.8) is 0 Å². The first kappa shape index (κ1) is 30.2. The van der Waals surface area contributed by atoms with Crippen molar-refractivity contribution in [1.29, 1.82) is 0 Å². The summed E-state index contributed by atoms with van der Waals surface area (Å²) in [6.07, 6.45) is 4.35. The third-order valence-electron chi connectivity index (χ3n) is 7.63. The zero-order chi connectivity index (χ0) is 30.2. The Hall–Kier alpha value is -4.30. The highest BCUT2D eigenvalue weighted by Gasteiger charge is 2.25. The first-order chi connectivity index (χ1) is 21.0. The zero-order valence-corrected chi connectivity index (χ0v) is 26.1.